The van der Waals surface area contributed by atoms with E-state index >= 15 is 0 Å². The zero-order valence-electron chi connectivity index (χ0n) is 16.0. The van der Waals surface area contributed by atoms with Crippen LogP contribution >= 0.6 is 0 Å². The summed E-state index contributed by atoms with van der Waals surface area (Å²) in [6.45, 7) is 8.01. The smallest absolute Gasteiger partial charge is 0.307 e. The Kier molecular flexibility index (Phi) is 6.09. The zero-order valence-corrected chi connectivity index (χ0v) is 16.0. The lowest BCUT2D eigenvalue weighted by Crippen LogP contribution is -2.40. The first kappa shape index (κ1) is 18.6. The number of piperidine rings is 1. The highest BCUT2D eigenvalue weighted by atomic mass is 16.5. The summed E-state index contributed by atoms with van der Waals surface area (Å²) >= 11 is 0. The fourth-order valence-electron chi connectivity index (χ4n) is 3.50. The first-order chi connectivity index (χ1) is 12.6. The predicted molar refractivity (Wildman–Crippen MR) is 101 cm³/mol. The number of carbonyl (C=O) groups excluding carboxylic acids is 1. The number of aryl methyl sites for hydroxylation is 2. The minimum atomic E-state index is -0.110. The van der Waals surface area contributed by atoms with Crippen LogP contribution in [0.3, 0.4) is 0 Å². The summed E-state index contributed by atoms with van der Waals surface area (Å²) in [5.41, 5.74) is 3.16. The molecule has 1 aliphatic heterocycles. The molecule has 5 heteroatoms. The van der Waals surface area contributed by atoms with Crippen molar-refractivity contribution in [3.63, 3.8) is 0 Å². The number of likely N-dealkylation sites (tertiary alicyclic amines) is 1. The van der Waals surface area contributed by atoms with Crippen LogP contribution in [0.25, 0.3) is 11.5 Å². The van der Waals surface area contributed by atoms with Gasteiger partial charge in [0.2, 0.25) is 5.89 Å². The first-order valence-corrected chi connectivity index (χ1v) is 9.50. The average molecular weight is 356 g/mol. The molecule has 0 spiro atoms. The summed E-state index contributed by atoms with van der Waals surface area (Å²) in [5.74, 6) is 1.40. The molecule has 0 radical (unpaired) electrons. The van der Waals surface area contributed by atoms with Crippen LogP contribution in [0.15, 0.2) is 28.7 Å². The molecule has 1 atom stereocenters. The van der Waals surface area contributed by atoms with Crippen LogP contribution < -0.4 is 0 Å². The van der Waals surface area contributed by atoms with Gasteiger partial charge in [-0.05, 0) is 52.3 Å². The summed E-state index contributed by atoms with van der Waals surface area (Å²) in [5, 5.41) is 0. The van der Waals surface area contributed by atoms with Gasteiger partial charge in [-0.15, -0.1) is 0 Å². The van der Waals surface area contributed by atoms with E-state index in [1.54, 1.807) is 0 Å². The first-order valence-electron chi connectivity index (χ1n) is 9.50. The molecular formula is C21H28N2O3. The number of carbonyl (C=O) groups is 1. The van der Waals surface area contributed by atoms with E-state index < -0.39 is 0 Å². The van der Waals surface area contributed by atoms with E-state index in [9.17, 15) is 4.79 Å². The van der Waals surface area contributed by atoms with Gasteiger partial charge < -0.3 is 9.15 Å². The lowest BCUT2D eigenvalue weighted by molar-refractivity contribution is -0.145. The number of benzene rings is 1. The van der Waals surface area contributed by atoms with Gasteiger partial charge in [-0.2, -0.15) is 0 Å². The third-order valence-corrected chi connectivity index (χ3v) is 5.00. The summed E-state index contributed by atoms with van der Waals surface area (Å²) < 4.78 is 11.0. The van der Waals surface area contributed by atoms with Crippen molar-refractivity contribution in [1.82, 2.24) is 9.88 Å². The maximum absolute atomic E-state index is 11.9. The molecule has 26 heavy (non-hydrogen) atoms. The van der Waals surface area contributed by atoms with Gasteiger partial charge in [0.15, 0.2) is 0 Å². The van der Waals surface area contributed by atoms with Gasteiger partial charge in [-0.3, -0.25) is 9.69 Å². The molecule has 0 bridgehead atoms. The van der Waals surface area contributed by atoms with Crippen LogP contribution in [-0.4, -0.2) is 35.0 Å². The largest absolute Gasteiger partial charge is 0.466 e. The lowest BCUT2D eigenvalue weighted by atomic mass is 9.99. The number of nitrogens with zero attached hydrogens (tertiary/aromatic N) is 2. The SMILES string of the molecule is CCOC(=O)C[C@H]1CCCCN1Cc1nc(-c2ccc(C)cc2)oc1C. The van der Waals surface area contributed by atoms with Gasteiger partial charge in [0.05, 0.1) is 18.7 Å². The molecule has 1 aromatic carbocycles. The van der Waals surface area contributed by atoms with Crippen LogP contribution in [0.4, 0.5) is 0 Å². The van der Waals surface area contributed by atoms with Crippen molar-refractivity contribution >= 4 is 5.97 Å². The van der Waals surface area contributed by atoms with Gasteiger partial charge in [-0.1, -0.05) is 24.1 Å². The van der Waals surface area contributed by atoms with Crippen LogP contribution in [0.1, 0.15) is 49.6 Å². The molecule has 0 amide bonds. The Morgan fingerprint density at radius 2 is 2.04 bits per heavy atom. The molecule has 0 N–H and O–H groups in total. The van der Waals surface area contributed by atoms with Crippen molar-refractivity contribution < 1.29 is 13.9 Å². The second kappa shape index (κ2) is 8.49. The van der Waals surface area contributed by atoms with E-state index in [0.29, 0.717) is 25.5 Å². The number of oxazole rings is 1. The molecule has 2 aromatic rings. The van der Waals surface area contributed by atoms with Crippen molar-refractivity contribution in [2.45, 2.75) is 59.0 Å². The molecule has 2 heterocycles. The number of hydrogen-bond acceptors (Lipinski definition) is 5. The monoisotopic (exact) mass is 356 g/mol. The molecule has 3 rings (SSSR count). The molecule has 0 unspecified atom stereocenters. The standard InChI is InChI=1S/C21H28N2O3/c1-4-25-20(24)13-18-7-5-6-12-23(18)14-19-16(3)26-21(22-19)17-10-8-15(2)9-11-17/h8-11,18H,4-7,12-14H2,1-3H3/t18-/m1/s1. The Hall–Kier alpha value is -2.14. The van der Waals surface area contributed by atoms with E-state index in [0.717, 1.165) is 42.8 Å². The van der Waals surface area contributed by atoms with Crippen LogP contribution in [0.2, 0.25) is 0 Å². The van der Waals surface area contributed by atoms with E-state index in [4.69, 9.17) is 14.1 Å². The molecule has 0 aliphatic carbocycles. The van der Waals surface area contributed by atoms with Gasteiger partial charge in [-0.25, -0.2) is 4.98 Å². The average Bonchev–Trinajstić information content (AvgIpc) is 2.98. The Morgan fingerprint density at radius 3 is 2.77 bits per heavy atom. The Bertz CT molecular complexity index is 736. The fraction of sp³-hybridized carbons (Fsp3) is 0.524. The summed E-state index contributed by atoms with van der Waals surface area (Å²) in [7, 11) is 0. The lowest BCUT2D eigenvalue weighted by Gasteiger charge is -2.34. The zero-order chi connectivity index (χ0) is 18.5. The Labute approximate surface area is 155 Å². The highest BCUT2D eigenvalue weighted by molar-refractivity contribution is 5.70. The van der Waals surface area contributed by atoms with Crippen LogP contribution in [-0.2, 0) is 16.1 Å². The molecule has 1 aromatic heterocycles. The predicted octanol–water partition coefficient (Wildman–Crippen LogP) is 4.27. The minimum Gasteiger partial charge on any atom is -0.466 e. The molecule has 0 saturated carbocycles. The summed E-state index contributed by atoms with van der Waals surface area (Å²) in [4.78, 5) is 19.0. The molecule has 1 saturated heterocycles. The van der Waals surface area contributed by atoms with Gasteiger partial charge in [0, 0.05) is 18.2 Å². The maximum Gasteiger partial charge on any atom is 0.307 e. The fourth-order valence-corrected chi connectivity index (χ4v) is 3.50. The molecule has 140 valence electrons. The number of esters is 1. The van der Waals surface area contributed by atoms with Gasteiger partial charge in [0.25, 0.3) is 0 Å². The molecule has 5 nitrogen and oxygen atoms in total. The number of rotatable bonds is 6. The number of ether oxygens (including phenoxy) is 1. The van der Waals surface area contributed by atoms with Crippen molar-refractivity contribution in [3.8, 4) is 11.5 Å². The Morgan fingerprint density at radius 1 is 1.27 bits per heavy atom. The van der Waals surface area contributed by atoms with Crippen molar-refractivity contribution in [2.24, 2.45) is 0 Å². The van der Waals surface area contributed by atoms with E-state index in [2.05, 4.69) is 24.0 Å². The number of aromatic nitrogens is 1. The summed E-state index contributed by atoms with van der Waals surface area (Å²) in [6, 6.07) is 8.42. The third-order valence-electron chi connectivity index (χ3n) is 5.00. The maximum atomic E-state index is 11.9. The van der Waals surface area contributed by atoms with Gasteiger partial charge >= 0.3 is 5.97 Å². The quantitative estimate of drug-likeness (QED) is 0.724. The highest BCUT2D eigenvalue weighted by Crippen LogP contribution is 2.26. The second-order valence-corrected chi connectivity index (χ2v) is 7.02. The molecule has 1 aliphatic rings. The van der Waals surface area contributed by atoms with Crippen LogP contribution in [0.5, 0.6) is 0 Å². The van der Waals surface area contributed by atoms with Crippen molar-refractivity contribution in [2.75, 3.05) is 13.2 Å². The number of hydrogen-bond donors (Lipinski definition) is 0. The minimum absolute atomic E-state index is 0.110. The molecule has 1 fully saturated rings. The Balaban J connectivity index is 1.72. The molecular weight excluding hydrogens is 328 g/mol. The van der Waals surface area contributed by atoms with Gasteiger partial charge in [0.1, 0.15) is 5.76 Å². The topological polar surface area (TPSA) is 55.6 Å². The van der Waals surface area contributed by atoms with Crippen molar-refractivity contribution in [3.05, 3.63) is 41.3 Å². The van der Waals surface area contributed by atoms with Crippen molar-refractivity contribution in [1.29, 1.82) is 0 Å². The van der Waals surface area contributed by atoms with E-state index in [1.165, 1.54) is 5.56 Å². The summed E-state index contributed by atoms with van der Waals surface area (Å²) in [6.07, 6.45) is 3.80. The van der Waals surface area contributed by atoms with E-state index in [-0.39, 0.29) is 12.0 Å². The van der Waals surface area contributed by atoms with Crippen LogP contribution in [0, 0.1) is 13.8 Å². The highest BCUT2D eigenvalue weighted by Gasteiger charge is 2.27. The van der Waals surface area contributed by atoms with E-state index in [1.807, 2.05) is 26.0 Å². The second-order valence-electron chi connectivity index (χ2n) is 7.02. The third kappa shape index (κ3) is 4.52. The normalized spacial score (nSPS) is 18.0.